The molecule has 5 nitrogen and oxygen atoms in total. The van der Waals surface area contributed by atoms with Crippen LogP contribution in [0.2, 0.25) is 0 Å². The lowest BCUT2D eigenvalue weighted by molar-refractivity contribution is -0.117. The van der Waals surface area contributed by atoms with Gasteiger partial charge in [0.15, 0.2) is 5.78 Å². The zero-order chi connectivity index (χ0) is 14.9. The number of halogens is 1. The summed E-state index contributed by atoms with van der Waals surface area (Å²) in [6.07, 6.45) is 0.123. The lowest BCUT2D eigenvalue weighted by atomic mass is 10.1. The second kappa shape index (κ2) is 5.54. The highest BCUT2D eigenvalue weighted by Crippen LogP contribution is 2.29. The number of ketones is 1. The van der Waals surface area contributed by atoms with Gasteiger partial charge in [0.25, 0.3) is 0 Å². The number of nitrogens with zero attached hydrogens (tertiary/aromatic N) is 1. The van der Waals surface area contributed by atoms with E-state index in [1.54, 1.807) is 24.3 Å². The number of para-hydroxylation sites is 1. The van der Waals surface area contributed by atoms with Crippen LogP contribution in [-0.4, -0.2) is 32.4 Å². The highest BCUT2D eigenvalue weighted by Gasteiger charge is 2.34. The molecule has 0 radical (unpaired) electrons. The molecule has 20 heavy (non-hydrogen) atoms. The Morgan fingerprint density at radius 1 is 1.40 bits per heavy atom. The summed E-state index contributed by atoms with van der Waals surface area (Å²) in [6.45, 7) is 1.69. The van der Waals surface area contributed by atoms with Crippen LogP contribution in [0.15, 0.2) is 24.3 Å². The molecule has 1 heterocycles. The summed E-state index contributed by atoms with van der Waals surface area (Å²) in [5, 5.41) is 0. The number of anilines is 1. The topological polar surface area (TPSA) is 71.5 Å². The third kappa shape index (κ3) is 3.37. The van der Waals surface area contributed by atoms with Gasteiger partial charge in [-0.05, 0) is 19.1 Å². The first-order chi connectivity index (χ1) is 9.28. The molecule has 0 aliphatic carbocycles. The SMILES string of the molecule is CC(=O)c1ccccc1N1CC(CS(=O)(=O)Cl)CC1=O. The van der Waals surface area contributed by atoms with Crippen molar-refractivity contribution in [2.24, 2.45) is 5.92 Å². The van der Waals surface area contributed by atoms with Crippen LogP contribution in [0.5, 0.6) is 0 Å². The molecule has 1 aromatic rings. The Hall–Kier alpha value is -1.40. The minimum absolute atomic E-state index is 0.123. The Kier molecular flexibility index (Phi) is 4.15. The summed E-state index contributed by atoms with van der Waals surface area (Å²) in [5.41, 5.74) is 0.981. The third-order valence-electron chi connectivity index (χ3n) is 3.21. The fourth-order valence-corrected chi connectivity index (χ4v) is 3.74. The van der Waals surface area contributed by atoms with E-state index >= 15 is 0 Å². The number of carbonyl (C=O) groups excluding carboxylic acids is 2. The van der Waals surface area contributed by atoms with Crippen LogP contribution in [0.25, 0.3) is 0 Å². The van der Waals surface area contributed by atoms with Gasteiger partial charge in [-0.3, -0.25) is 9.59 Å². The number of Topliss-reactive ketones (excluding diaryl/α,β-unsaturated/α-hetero) is 1. The van der Waals surface area contributed by atoms with E-state index in [1.807, 2.05) is 0 Å². The predicted molar refractivity (Wildman–Crippen MR) is 76.5 cm³/mol. The van der Waals surface area contributed by atoms with E-state index in [-0.39, 0.29) is 36.3 Å². The molecule has 108 valence electrons. The number of amides is 1. The van der Waals surface area contributed by atoms with Crippen molar-refractivity contribution in [3.8, 4) is 0 Å². The van der Waals surface area contributed by atoms with E-state index in [0.29, 0.717) is 11.3 Å². The van der Waals surface area contributed by atoms with Gasteiger partial charge in [-0.15, -0.1) is 0 Å². The second-order valence-corrected chi connectivity index (χ2v) is 7.67. The van der Waals surface area contributed by atoms with E-state index in [9.17, 15) is 18.0 Å². The summed E-state index contributed by atoms with van der Waals surface area (Å²) < 4.78 is 22.2. The lowest BCUT2D eigenvalue weighted by Crippen LogP contribution is -2.27. The maximum absolute atomic E-state index is 12.0. The first-order valence-corrected chi connectivity index (χ1v) is 8.58. The van der Waals surface area contributed by atoms with Gasteiger partial charge >= 0.3 is 0 Å². The molecule has 1 aliphatic rings. The fourth-order valence-electron chi connectivity index (χ4n) is 2.41. The van der Waals surface area contributed by atoms with Gasteiger partial charge in [0.1, 0.15) is 0 Å². The molecule has 1 aromatic carbocycles. The van der Waals surface area contributed by atoms with Gasteiger partial charge in [0.2, 0.25) is 15.0 Å². The Morgan fingerprint density at radius 3 is 2.65 bits per heavy atom. The lowest BCUT2D eigenvalue weighted by Gasteiger charge is -2.19. The van der Waals surface area contributed by atoms with Gasteiger partial charge < -0.3 is 4.90 Å². The number of hydrogen-bond donors (Lipinski definition) is 0. The summed E-state index contributed by atoms with van der Waals surface area (Å²) in [6, 6.07) is 6.80. The normalized spacial score (nSPS) is 19.4. The Labute approximate surface area is 121 Å². The molecule has 0 N–H and O–H groups in total. The van der Waals surface area contributed by atoms with Gasteiger partial charge in [-0.1, -0.05) is 12.1 Å². The van der Waals surface area contributed by atoms with Gasteiger partial charge in [0, 0.05) is 35.1 Å². The van der Waals surface area contributed by atoms with Crippen molar-refractivity contribution in [1.82, 2.24) is 0 Å². The molecule has 0 aromatic heterocycles. The summed E-state index contributed by atoms with van der Waals surface area (Å²) in [5.74, 6) is -0.908. The minimum atomic E-state index is -3.64. The monoisotopic (exact) mass is 315 g/mol. The molecule has 0 saturated carbocycles. The quantitative estimate of drug-likeness (QED) is 0.627. The van der Waals surface area contributed by atoms with Crippen molar-refractivity contribution in [2.75, 3.05) is 17.2 Å². The standard InChI is InChI=1S/C13H14ClNO4S/c1-9(16)11-4-2-3-5-12(11)15-7-10(6-13(15)17)8-20(14,18)19/h2-5,10H,6-8H2,1H3. The van der Waals surface area contributed by atoms with Crippen molar-refractivity contribution >= 4 is 37.1 Å². The molecule has 1 fully saturated rings. The Balaban J connectivity index is 2.27. The maximum Gasteiger partial charge on any atom is 0.232 e. The van der Waals surface area contributed by atoms with Crippen LogP contribution in [0.3, 0.4) is 0 Å². The van der Waals surface area contributed by atoms with Crippen LogP contribution in [-0.2, 0) is 13.8 Å². The van der Waals surface area contributed by atoms with E-state index in [4.69, 9.17) is 10.7 Å². The smallest absolute Gasteiger partial charge is 0.232 e. The van der Waals surface area contributed by atoms with Crippen LogP contribution in [0.4, 0.5) is 5.69 Å². The zero-order valence-corrected chi connectivity index (χ0v) is 12.4. The first-order valence-electron chi connectivity index (χ1n) is 6.10. The van der Waals surface area contributed by atoms with Crippen molar-refractivity contribution in [2.45, 2.75) is 13.3 Å². The summed E-state index contributed by atoms with van der Waals surface area (Å²) >= 11 is 0. The average molecular weight is 316 g/mol. The van der Waals surface area contributed by atoms with Crippen molar-refractivity contribution in [1.29, 1.82) is 0 Å². The number of hydrogen-bond acceptors (Lipinski definition) is 4. The second-order valence-electron chi connectivity index (χ2n) is 4.85. The highest BCUT2D eigenvalue weighted by molar-refractivity contribution is 8.13. The van der Waals surface area contributed by atoms with Crippen molar-refractivity contribution in [3.63, 3.8) is 0 Å². The Morgan fingerprint density at radius 2 is 2.05 bits per heavy atom. The summed E-state index contributed by atoms with van der Waals surface area (Å²) in [4.78, 5) is 25.1. The van der Waals surface area contributed by atoms with E-state index in [2.05, 4.69) is 0 Å². The van der Waals surface area contributed by atoms with E-state index < -0.39 is 9.05 Å². The van der Waals surface area contributed by atoms with Crippen LogP contribution in [0, 0.1) is 5.92 Å². The molecule has 7 heteroatoms. The third-order valence-corrected chi connectivity index (χ3v) is 4.46. The van der Waals surface area contributed by atoms with Gasteiger partial charge in [0.05, 0.1) is 11.4 Å². The predicted octanol–water partition coefficient (Wildman–Crippen LogP) is 1.81. The molecule has 2 rings (SSSR count). The molecular formula is C13H14ClNO4S. The molecule has 1 saturated heterocycles. The molecule has 0 spiro atoms. The zero-order valence-electron chi connectivity index (χ0n) is 10.9. The minimum Gasteiger partial charge on any atom is -0.311 e. The maximum atomic E-state index is 12.0. The van der Waals surface area contributed by atoms with Crippen molar-refractivity contribution < 1.29 is 18.0 Å². The largest absolute Gasteiger partial charge is 0.311 e. The van der Waals surface area contributed by atoms with Crippen LogP contribution >= 0.6 is 10.7 Å². The van der Waals surface area contributed by atoms with Crippen LogP contribution < -0.4 is 4.90 Å². The van der Waals surface area contributed by atoms with Crippen LogP contribution in [0.1, 0.15) is 23.7 Å². The molecule has 1 amide bonds. The summed E-state index contributed by atoms with van der Waals surface area (Å²) in [7, 11) is 1.59. The van der Waals surface area contributed by atoms with Gasteiger partial charge in [-0.25, -0.2) is 8.42 Å². The number of benzene rings is 1. The average Bonchev–Trinajstić information content (AvgIpc) is 2.67. The number of carbonyl (C=O) groups is 2. The van der Waals surface area contributed by atoms with Gasteiger partial charge in [-0.2, -0.15) is 0 Å². The van der Waals surface area contributed by atoms with Crippen molar-refractivity contribution in [3.05, 3.63) is 29.8 Å². The molecule has 1 atom stereocenters. The molecule has 1 unspecified atom stereocenters. The fraction of sp³-hybridized carbons (Fsp3) is 0.385. The first kappa shape index (κ1) is 15.0. The molecule has 1 aliphatic heterocycles. The van der Waals surface area contributed by atoms with E-state index in [1.165, 1.54) is 11.8 Å². The number of rotatable bonds is 4. The molecule has 0 bridgehead atoms. The molecular weight excluding hydrogens is 302 g/mol. The highest BCUT2D eigenvalue weighted by atomic mass is 35.7. The Bertz CT molecular complexity index is 656. The van der Waals surface area contributed by atoms with E-state index in [0.717, 1.165) is 0 Å².